The van der Waals surface area contributed by atoms with Crippen LogP contribution in [-0.2, 0) is 0 Å². The number of fused-ring (bicyclic) bond motifs is 1. The summed E-state index contributed by atoms with van der Waals surface area (Å²) in [6.07, 6.45) is 7.01. The Balaban J connectivity index is 1.58. The van der Waals surface area contributed by atoms with Crippen molar-refractivity contribution < 1.29 is 0 Å². The van der Waals surface area contributed by atoms with Gasteiger partial charge in [-0.3, -0.25) is 9.88 Å². The van der Waals surface area contributed by atoms with Crippen LogP contribution in [0.15, 0.2) is 64.7 Å². The third kappa shape index (κ3) is 3.08. The number of nitrogens with zero attached hydrogens (tertiary/aromatic N) is 5. The number of hydrogen-bond acceptors (Lipinski definition) is 7. The topological polar surface area (TPSA) is 106 Å². The SMILES string of the molecule is NC1=NC2(CCCCC2)N(c2cccc(-c3cnc4ccccc4n3)c2)C(N)=N1. The van der Waals surface area contributed by atoms with Gasteiger partial charge < -0.3 is 11.5 Å². The van der Waals surface area contributed by atoms with Gasteiger partial charge in [-0.25, -0.2) is 9.98 Å². The first-order chi connectivity index (χ1) is 14.1. The van der Waals surface area contributed by atoms with Gasteiger partial charge in [0.2, 0.25) is 11.9 Å². The van der Waals surface area contributed by atoms with Crippen LogP contribution in [0.4, 0.5) is 5.69 Å². The van der Waals surface area contributed by atoms with Crippen LogP contribution in [-0.4, -0.2) is 27.5 Å². The third-order valence-corrected chi connectivity index (χ3v) is 5.70. The van der Waals surface area contributed by atoms with E-state index in [-0.39, 0.29) is 5.96 Å². The molecule has 0 unspecified atom stereocenters. The molecule has 7 heteroatoms. The number of guanidine groups is 2. The van der Waals surface area contributed by atoms with Gasteiger partial charge in [0.25, 0.3) is 0 Å². The average molecular weight is 385 g/mol. The minimum absolute atomic E-state index is 0.261. The van der Waals surface area contributed by atoms with Gasteiger partial charge in [-0.1, -0.05) is 30.7 Å². The third-order valence-electron chi connectivity index (χ3n) is 5.70. The van der Waals surface area contributed by atoms with Gasteiger partial charge >= 0.3 is 0 Å². The molecule has 0 atom stereocenters. The predicted molar refractivity (Wildman–Crippen MR) is 117 cm³/mol. The molecule has 1 aliphatic carbocycles. The second-order valence-corrected chi connectivity index (χ2v) is 7.61. The summed E-state index contributed by atoms with van der Waals surface area (Å²) in [5, 5.41) is 0. The van der Waals surface area contributed by atoms with Crippen LogP contribution in [0.2, 0.25) is 0 Å². The molecule has 2 heterocycles. The normalized spacial score (nSPS) is 18.6. The van der Waals surface area contributed by atoms with Crippen molar-refractivity contribution in [2.75, 3.05) is 4.90 Å². The molecule has 1 aliphatic heterocycles. The largest absolute Gasteiger partial charge is 0.369 e. The Morgan fingerprint density at radius 3 is 2.52 bits per heavy atom. The highest BCUT2D eigenvalue weighted by Gasteiger charge is 2.42. The van der Waals surface area contributed by atoms with Gasteiger partial charge in [-0.15, -0.1) is 0 Å². The Bertz CT molecular complexity index is 1130. The van der Waals surface area contributed by atoms with E-state index in [1.165, 1.54) is 6.42 Å². The van der Waals surface area contributed by atoms with Gasteiger partial charge in [0.1, 0.15) is 5.66 Å². The van der Waals surface area contributed by atoms with E-state index in [4.69, 9.17) is 21.4 Å². The van der Waals surface area contributed by atoms with Gasteiger partial charge in [0, 0.05) is 11.3 Å². The number of benzene rings is 2. The van der Waals surface area contributed by atoms with E-state index in [2.05, 4.69) is 16.0 Å². The first-order valence-electron chi connectivity index (χ1n) is 9.97. The monoisotopic (exact) mass is 385 g/mol. The zero-order valence-corrected chi connectivity index (χ0v) is 16.1. The summed E-state index contributed by atoms with van der Waals surface area (Å²) in [5.74, 6) is 0.651. The molecule has 2 aromatic carbocycles. The molecule has 29 heavy (non-hydrogen) atoms. The number of para-hydroxylation sites is 2. The maximum atomic E-state index is 6.36. The minimum atomic E-state index is -0.456. The Morgan fingerprint density at radius 2 is 1.69 bits per heavy atom. The Hall–Kier alpha value is -3.48. The number of anilines is 1. The highest BCUT2D eigenvalue weighted by atomic mass is 15.4. The number of aliphatic imine (C=N–C) groups is 2. The van der Waals surface area contributed by atoms with Crippen LogP contribution in [0.5, 0.6) is 0 Å². The lowest BCUT2D eigenvalue weighted by atomic mass is 9.87. The Kier molecular flexibility index (Phi) is 4.16. The first kappa shape index (κ1) is 17.6. The van der Waals surface area contributed by atoms with E-state index in [0.717, 1.165) is 53.7 Å². The van der Waals surface area contributed by atoms with Crippen LogP contribution in [0.3, 0.4) is 0 Å². The molecule has 3 aromatic rings. The van der Waals surface area contributed by atoms with Crippen molar-refractivity contribution in [1.82, 2.24) is 9.97 Å². The molecule has 0 bridgehead atoms. The zero-order chi connectivity index (χ0) is 19.8. The molecule has 4 N–H and O–H groups in total. The fourth-order valence-electron chi connectivity index (χ4n) is 4.40. The molecule has 1 spiro atoms. The predicted octanol–water partition coefficient (Wildman–Crippen LogP) is 3.41. The summed E-state index contributed by atoms with van der Waals surface area (Å²) in [7, 11) is 0. The minimum Gasteiger partial charge on any atom is -0.369 e. The maximum Gasteiger partial charge on any atom is 0.220 e. The summed E-state index contributed by atoms with van der Waals surface area (Å²) in [6.45, 7) is 0. The van der Waals surface area contributed by atoms with Crippen molar-refractivity contribution in [3.63, 3.8) is 0 Å². The van der Waals surface area contributed by atoms with Crippen LogP contribution in [0, 0.1) is 0 Å². The van der Waals surface area contributed by atoms with Crippen LogP contribution in [0.25, 0.3) is 22.3 Å². The van der Waals surface area contributed by atoms with Gasteiger partial charge in [0.15, 0.2) is 0 Å². The number of rotatable bonds is 2. The van der Waals surface area contributed by atoms with Crippen molar-refractivity contribution in [3.05, 3.63) is 54.7 Å². The fraction of sp³-hybridized carbons (Fsp3) is 0.273. The first-order valence-corrected chi connectivity index (χ1v) is 9.97. The van der Waals surface area contributed by atoms with Gasteiger partial charge in [0.05, 0.1) is 22.9 Å². The number of aromatic nitrogens is 2. The molecule has 0 saturated heterocycles. The van der Waals surface area contributed by atoms with Crippen LogP contribution >= 0.6 is 0 Å². The van der Waals surface area contributed by atoms with E-state index in [1.807, 2.05) is 53.6 Å². The van der Waals surface area contributed by atoms with Crippen LogP contribution < -0.4 is 16.4 Å². The summed E-state index contributed by atoms with van der Waals surface area (Å²) in [4.78, 5) is 20.4. The zero-order valence-electron chi connectivity index (χ0n) is 16.1. The molecule has 1 aromatic heterocycles. The molecule has 5 rings (SSSR count). The average Bonchev–Trinajstić information content (AvgIpc) is 2.73. The highest BCUT2D eigenvalue weighted by molar-refractivity contribution is 6.05. The second-order valence-electron chi connectivity index (χ2n) is 7.61. The Morgan fingerprint density at radius 1 is 0.897 bits per heavy atom. The van der Waals surface area contributed by atoms with Crippen molar-refractivity contribution >= 4 is 28.6 Å². The van der Waals surface area contributed by atoms with E-state index < -0.39 is 5.66 Å². The van der Waals surface area contributed by atoms with E-state index in [9.17, 15) is 0 Å². The van der Waals surface area contributed by atoms with Gasteiger partial charge in [-0.05, 0) is 49.9 Å². The maximum absolute atomic E-state index is 6.36. The van der Waals surface area contributed by atoms with E-state index in [1.54, 1.807) is 0 Å². The lowest BCUT2D eigenvalue weighted by molar-refractivity contribution is 0.305. The smallest absolute Gasteiger partial charge is 0.220 e. The lowest BCUT2D eigenvalue weighted by Crippen LogP contribution is -2.58. The molecular formula is C22H23N7. The molecular weight excluding hydrogens is 362 g/mol. The highest BCUT2D eigenvalue weighted by Crippen LogP contribution is 2.40. The molecule has 1 fully saturated rings. The lowest BCUT2D eigenvalue weighted by Gasteiger charge is -2.45. The summed E-state index contributed by atoms with van der Waals surface area (Å²) in [6, 6.07) is 16.0. The second kappa shape index (κ2) is 6.84. The number of nitrogens with two attached hydrogens (primary N) is 2. The van der Waals surface area contributed by atoms with Crippen molar-refractivity contribution in [1.29, 1.82) is 0 Å². The number of hydrogen-bond donors (Lipinski definition) is 2. The van der Waals surface area contributed by atoms with E-state index >= 15 is 0 Å². The van der Waals surface area contributed by atoms with Gasteiger partial charge in [-0.2, -0.15) is 4.99 Å². The summed E-state index contributed by atoms with van der Waals surface area (Å²) < 4.78 is 0. The van der Waals surface area contributed by atoms with Crippen molar-refractivity contribution in [2.45, 2.75) is 37.8 Å². The van der Waals surface area contributed by atoms with E-state index in [0.29, 0.717) is 5.96 Å². The van der Waals surface area contributed by atoms with Crippen molar-refractivity contribution in [2.24, 2.45) is 21.5 Å². The summed E-state index contributed by atoms with van der Waals surface area (Å²) >= 11 is 0. The fourth-order valence-corrected chi connectivity index (χ4v) is 4.40. The standard InChI is InChI=1S/C22H23N7/c23-20-27-21(24)29(22(28-20)11-4-1-5-12-22)16-8-6-7-15(13-16)19-14-25-17-9-2-3-10-18(17)26-19/h2-3,6-10,13-14H,1,4-5,11-12H2,(H4,23,24,27,28). The Labute approximate surface area is 169 Å². The quantitative estimate of drug-likeness (QED) is 0.703. The molecule has 0 radical (unpaired) electrons. The summed E-state index contributed by atoms with van der Waals surface area (Å²) in [5.41, 5.74) is 16.4. The molecule has 7 nitrogen and oxygen atoms in total. The van der Waals surface area contributed by atoms with Crippen LogP contribution in [0.1, 0.15) is 32.1 Å². The molecule has 1 saturated carbocycles. The molecule has 146 valence electrons. The molecule has 0 amide bonds. The van der Waals surface area contributed by atoms with Crippen molar-refractivity contribution in [3.8, 4) is 11.3 Å². The molecule has 2 aliphatic rings.